The average Bonchev–Trinajstić information content (AvgIpc) is 3.10. The van der Waals surface area contributed by atoms with Crippen LogP contribution in [0.1, 0.15) is 52.0 Å². The molecule has 7 nitrogen and oxygen atoms in total. The number of carboxylic acid groups (broad SMARTS) is 1. The van der Waals surface area contributed by atoms with Crippen LogP contribution in [0.4, 0.5) is 4.79 Å². The fourth-order valence-corrected chi connectivity index (χ4v) is 6.40. The fourth-order valence-electron chi connectivity index (χ4n) is 6.40. The normalized spacial score (nSPS) is 38.5. The fraction of sp³-hybridized carbons (Fsp3) is 0.583. The molecule has 5 atom stereocenters. The third-order valence-corrected chi connectivity index (χ3v) is 8.59. The van der Waals surface area contributed by atoms with Gasteiger partial charge in [-0.2, -0.15) is 0 Å². The molecule has 1 saturated carbocycles. The molecular weight excluding hydrogens is 396 g/mol. The van der Waals surface area contributed by atoms with E-state index in [1.807, 2.05) is 42.3 Å². The highest BCUT2D eigenvalue weighted by atomic mass is 16.5. The first-order valence-electron chi connectivity index (χ1n) is 10.9. The molecule has 1 aromatic rings. The number of amides is 1. The van der Waals surface area contributed by atoms with Crippen LogP contribution in [0.15, 0.2) is 41.5 Å². The van der Waals surface area contributed by atoms with Gasteiger partial charge in [0, 0.05) is 24.1 Å². The predicted octanol–water partition coefficient (Wildman–Crippen LogP) is 3.29. The summed E-state index contributed by atoms with van der Waals surface area (Å²) in [7, 11) is 1.88. The zero-order valence-corrected chi connectivity index (χ0v) is 18.6. The maximum Gasteiger partial charge on any atom is 0.407 e. The zero-order valence-electron chi connectivity index (χ0n) is 18.6. The van der Waals surface area contributed by atoms with Crippen LogP contribution in [0.3, 0.4) is 0 Å². The number of rotatable bonds is 4. The van der Waals surface area contributed by atoms with Crippen molar-refractivity contribution in [2.24, 2.45) is 10.8 Å². The standard InChI is InChI=1S/C24H32N2O5/c1-15(20(27)28)17-12-19-22(2)11-10-18(23(22,3)14-24(17,30)26(19)4)25-21(29)31-13-16-8-6-5-7-9-16/h5-9,18-19,30H,10-14H2,1-4H3,(H,25,29)(H,27,28)/b17-15+/t18-,19-,22+,23+,24+/m0/s1. The van der Waals surface area contributed by atoms with Crippen LogP contribution in [-0.4, -0.2) is 52.0 Å². The first-order chi connectivity index (χ1) is 14.5. The summed E-state index contributed by atoms with van der Waals surface area (Å²) in [6.45, 7) is 6.10. The lowest BCUT2D eigenvalue weighted by atomic mass is 9.58. The van der Waals surface area contributed by atoms with E-state index in [0.29, 0.717) is 18.4 Å². The number of ether oxygens (including phenoxy) is 1. The van der Waals surface area contributed by atoms with E-state index >= 15 is 0 Å². The molecule has 0 spiro atoms. The van der Waals surface area contributed by atoms with Gasteiger partial charge in [-0.15, -0.1) is 0 Å². The molecule has 2 aliphatic heterocycles. The Morgan fingerprint density at radius 1 is 1.23 bits per heavy atom. The van der Waals surface area contributed by atoms with E-state index in [-0.39, 0.29) is 29.7 Å². The van der Waals surface area contributed by atoms with Gasteiger partial charge in [0.15, 0.2) is 0 Å². The molecule has 0 radical (unpaired) electrons. The van der Waals surface area contributed by atoms with Crippen molar-refractivity contribution in [2.75, 3.05) is 7.05 Å². The van der Waals surface area contributed by atoms with Crippen LogP contribution in [0.5, 0.6) is 0 Å². The van der Waals surface area contributed by atoms with Gasteiger partial charge in [-0.25, -0.2) is 9.59 Å². The molecule has 2 heterocycles. The number of carbonyl (C=O) groups excluding carboxylic acids is 1. The summed E-state index contributed by atoms with van der Waals surface area (Å²) in [5.74, 6) is -0.996. The molecule has 3 N–H and O–H groups in total. The van der Waals surface area contributed by atoms with Crippen molar-refractivity contribution >= 4 is 12.1 Å². The second-order valence-corrected chi connectivity index (χ2v) is 9.87. The van der Waals surface area contributed by atoms with E-state index in [4.69, 9.17) is 4.74 Å². The van der Waals surface area contributed by atoms with Crippen molar-refractivity contribution in [1.82, 2.24) is 10.2 Å². The number of fused-ring (bicyclic) bond motifs is 4. The Morgan fingerprint density at radius 3 is 2.55 bits per heavy atom. The Kier molecular flexibility index (Phi) is 5.17. The van der Waals surface area contributed by atoms with Crippen molar-refractivity contribution in [3.63, 3.8) is 0 Å². The summed E-state index contributed by atoms with van der Waals surface area (Å²) in [5, 5.41) is 24.3. The second-order valence-electron chi connectivity index (χ2n) is 9.87. The first-order valence-corrected chi connectivity index (χ1v) is 10.9. The van der Waals surface area contributed by atoms with Gasteiger partial charge in [0.05, 0.1) is 0 Å². The van der Waals surface area contributed by atoms with E-state index in [1.54, 1.807) is 6.92 Å². The maximum absolute atomic E-state index is 12.6. The number of carboxylic acids is 1. The van der Waals surface area contributed by atoms with Gasteiger partial charge in [0.25, 0.3) is 0 Å². The minimum atomic E-state index is -1.32. The van der Waals surface area contributed by atoms with Crippen LogP contribution in [0.25, 0.3) is 0 Å². The highest BCUT2D eigenvalue weighted by Gasteiger charge is 2.70. The van der Waals surface area contributed by atoms with Crippen molar-refractivity contribution in [3.05, 3.63) is 47.0 Å². The van der Waals surface area contributed by atoms with Crippen molar-refractivity contribution in [3.8, 4) is 0 Å². The quantitative estimate of drug-likeness (QED) is 0.637. The summed E-state index contributed by atoms with van der Waals surface area (Å²) < 4.78 is 5.44. The van der Waals surface area contributed by atoms with Crippen LogP contribution in [0.2, 0.25) is 0 Å². The van der Waals surface area contributed by atoms with E-state index in [0.717, 1.165) is 18.4 Å². The molecule has 2 saturated heterocycles. The topological polar surface area (TPSA) is 99.1 Å². The minimum Gasteiger partial charge on any atom is -0.478 e. The highest BCUT2D eigenvalue weighted by molar-refractivity contribution is 5.87. The summed E-state index contributed by atoms with van der Waals surface area (Å²) in [5.41, 5.74) is -0.159. The molecule has 3 aliphatic rings. The monoisotopic (exact) mass is 428 g/mol. The molecule has 1 amide bonds. The van der Waals surface area contributed by atoms with E-state index in [9.17, 15) is 19.8 Å². The molecule has 168 valence electrons. The lowest BCUT2D eigenvalue weighted by Gasteiger charge is -2.57. The van der Waals surface area contributed by atoms with E-state index < -0.39 is 23.2 Å². The van der Waals surface area contributed by atoms with Gasteiger partial charge >= 0.3 is 12.1 Å². The van der Waals surface area contributed by atoms with Crippen LogP contribution >= 0.6 is 0 Å². The van der Waals surface area contributed by atoms with Gasteiger partial charge in [0.1, 0.15) is 12.3 Å². The second kappa shape index (κ2) is 7.35. The number of nitrogens with one attached hydrogen (secondary N) is 1. The molecule has 1 aliphatic carbocycles. The highest BCUT2D eigenvalue weighted by Crippen LogP contribution is 2.67. The largest absolute Gasteiger partial charge is 0.478 e. The molecular formula is C24H32N2O5. The Bertz CT molecular complexity index is 931. The van der Waals surface area contributed by atoms with Crippen LogP contribution in [-0.2, 0) is 16.1 Å². The number of hydrogen-bond acceptors (Lipinski definition) is 5. The van der Waals surface area contributed by atoms with Gasteiger partial charge in [-0.1, -0.05) is 44.2 Å². The minimum absolute atomic E-state index is 0.00712. The SMILES string of the molecule is C/C(C(=O)O)=C1/C[C@@H]2N(C)[C@@]1(O)C[C@]1(C)[C@@H](NC(=O)OCc3ccccc3)CC[C@]21C. The lowest BCUT2D eigenvalue weighted by Crippen LogP contribution is -2.65. The van der Waals surface area contributed by atoms with Crippen LogP contribution < -0.4 is 5.32 Å². The van der Waals surface area contributed by atoms with Gasteiger partial charge in [-0.05, 0) is 55.2 Å². The first kappa shape index (κ1) is 21.8. The number of aliphatic carboxylic acids is 1. The molecule has 4 rings (SSSR count). The zero-order chi connectivity index (χ0) is 22.6. The van der Waals surface area contributed by atoms with Gasteiger partial charge in [0.2, 0.25) is 0 Å². The van der Waals surface area contributed by atoms with Crippen molar-refractivity contribution in [2.45, 2.75) is 70.9 Å². The van der Waals surface area contributed by atoms with Gasteiger partial charge < -0.3 is 20.3 Å². The number of piperidine rings is 1. The maximum atomic E-state index is 12.6. The molecule has 2 bridgehead atoms. The number of likely N-dealkylation sites (N-methyl/N-ethyl adjacent to an activating group) is 1. The Hall–Kier alpha value is -2.38. The molecule has 3 fully saturated rings. The van der Waals surface area contributed by atoms with Gasteiger partial charge in [-0.3, -0.25) is 4.90 Å². The summed E-state index contributed by atoms with van der Waals surface area (Å²) >= 11 is 0. The van der Waals surface area contributed by atoms with Crippen LogP contribution in [0, 0.1) is 10.8 Å². The Balaban J connectivity index is 1.56. The number of hydrogen-bond donors (Lipinski definition) is 3. The summed E-state index contributed by atoms with van der Waals surface area (Å²) in [6.07, 6.45) is 2.12. The number of alkyl carbamates (subject to hydrolysis) is 1. The Morgan fingerprint density at radius 2 is 1.90 bits per heavy atom. The number of carbonyl (C=O) groups is 2. The number of aliphatic hydroxyl groups is 1. The third kappa shape index (κ3) is 3.17. The van der Waals surface area contributed by atoms with E-state index in [2.05, 4.69) is 19.2 Å². The number of nitrogens with zero attached hydrogens (tertiary/aromatic N) is 1. The molecule has 31 heavy (non-hydrogen) atoms. The van der Waals surface area contributed by atoms with Crippen molar-refractivity contribution < 1.29 is 24.5 Å². The molecule has 7 heteroatoms. The Labute approximate surface area is 183 Å². The smallest absolute Gasteiger partial charge is 0.407 e. The average molecular weight is 429 g/mol. The number of benzene rings is 1. The van der Waals surface area contributed by atoms with E-state index in [1.165, 1.54) is 0 Å². The molecule has 0 unspecified atom stereocenters. The summed E-state index contributed by atoms with van der Waals surface area (Å²) in [6, 6.07) is 9.38. The van der Waals surface area contributed by atoms with Crippen molar-refractivity contribution in [1.29, 1.82) is 0 Å². The third-order valence-electron chi connectivity index (χ3n) is 8.59. The molecule has 0 aromatic heterocycles. The predicted molar refractivity (Wildman–Crippen MR) is 115 cm³/mol. The lowest BCUT2D eigenvalue weighted by molar-refractivity contribution is -0.176. The summed E-state index contributed by atoms with van der Waals surface area (Å²) in [4.78, 5) is 26.2. The molecule has 1 aromatic carbocycles.